The topological polar surface area (TPSA) is 93.5 Å². The lowest BCUT2D eigenvalue weighted by atomic mass is 9.79. The maximum Gasteiger partial charge on any atom is 0.286 e. The van der Waals surface area contributed by atoms with Crippen molar-refractivity contribution in [2.24, 2.45) is 7.05 Å². The summed E-state index contributed by atoms with van der Waals surface area (Å²) in [5, 5.41) is 13.2. The number of rotatable bonds is 7. The van der Waals surface area contributed by atoms with E-state index in [1.54, 1.807) is 18.7 Å². The van der Waals surface area contributed by atoms with Gasteiger partial charge in [-0.05, 0) is 84.0 Å². The van der Waals surface area contributed by atoms with Crippen molar-refractivity contribution >= 4 is 45.7 Å². The van der Waals surface area contributed by atoms with Gasteiger partial charge in [0.15, 0.2) is 0 Å². The second-order valence-corrected chi connectivity index (χ2v) is 16.0. The summed E-state index contributed by atoms with van der Waals surface area (Å²) >= 11 is 2.72. The zero-order valence-electron chi connectivity index (χ0n) is 26.0. The van der Waals surface area contributed by atoms with Crippen LogP contribution in [0, 0.1) is 0 Å². The minimum atomic E-state index is -0.796. The number of aromatic nitrogens is 2. The number of fused-ring (bicyclic) bond motifs is 1. The number of ether oxygens (including phenoxy) is 1. The number of nitrogens with zero attached hydrogens (tertiary/aromatic N) is 2. The molecule has 1 atom stereocenters. The highest BCUT2D eigenvalue weighted by molar-refractivity contribution is 8.16. The fraction of sp³-hybridized carbons (Fsp3) is 0.382. The van der Waals surface area contributed by atoms with Gasteiger partial charge in [0.1, 0.15) is 28.7 Å². The zero-order valence-corrected chi connectivity index (χ0v) is 27.6. The number of phenols is 1. The van der Waals surface area contributed by atoms with E-state index < -0.39 is 4.75 Å². The number of aromatic hydroxyl groups is 1. The highest BCUT2D eigenvalue weighted by Gasteiger charge is 2.43. The molecule has 9 heteroatoms. The van der Waals surface area contributed by atoms with E-state index in [9.17, 15) is 14.7 Å². The van der Waals surface area contributed by atoms with Crippen LogP contribution in [-0.4, -0.2) is 30.6 Å². The minimum absolute atomic E-state index is 0.188. The number of imide groups is 1. The van der Waals surface area contributed by atoms with Gasteiger partial charge in [-0.2, -0.15) is 0 Å². The molecule has 1 aliphatic heterocycles. The van der Waals surface area contributed by atoms with Crippen LogP contribution in [0.5, 0.6) is 11.5 Å². The van der Waals surface area contributed by atoms with Crippen molar-refractivity contribution in [2.45, 2.75) is 86.9 Å². The molecule has 7 nitrogen and oxygen atoms in total. The third kappa shape index (κ3) is 6.58. The molecule has 226 valence electrons. The van der Waals surface area contributed by atoms with Crippen LogP contribution < -0.4 is 10.1 Å². The number of phenolic OH excluding ortho intramolecular Hbond substituents is 1. The Kier molecular flexibility index (Phi) is 8.11. The van der Waals surface area contributed by atoms with Gasteiger partial charge in [-0.1, -0.05) is 65.4 Å². The predicted molar refractivity (Wildman–Crippen MR) is 174 cm³/mol. The molecule has 4 aromatic rings. The Bertz CT molecular complexity index is 1680. The number of thioether (sulfide) groups is 1. The van der Waals surface area contributed by atoms with E-state index in [4.69, 9.17) is 9.72 Å². The van der Waals surface area contributed by atoms with Crippen molar-refractivity contribution in [1.29, 1.82) is 0 Å². The van der Waals surface area contributed by atoms with Gasteiger partial charge in [0.2, 0.25) is 5.91 Å². The van der Waals surface area contributed by atoms with Crippen molar-refractivity contribution in [1.82, 2.24) is 14.9 Å². The van der Waals surface area contributed by atoms with Gasteiger partial charge in [-0.3, -0.25) is 14.9 Å². The number of amides is 2. The van der Waals surface area contributed by atoms with Crippen molar-refractivity contribution in [3.63, 3.8) is 0 Å². The summed E-state index contributed by atoms with van der Waals surface area (Å²) < 4.78 is 7.33. The van der Waals surface area contributed by atoms with Crippen LogP contribution in [0.15, 0.2) is 64.4 Å². The fourth-order valence-electron chi connectivity index (χ4n) is 5.22. The van der Waals surface area contributed by atoms with Gasteiger partial charge >= 0.3 is 0 Å². The fourth-order valence-corrected chi connectivity index (χ4v) is 7.09. The first-order valence-electron chi connectivity index (χ1n) is 14.3. The normalized spacial score (nSPS) is 17.5. The van der Waals surface area contributed by atoms with Crippen molar-refractivity contribution in [3.8, 4) is 11.5 Å². The van der Waals surface area contributed by atoms with E-state index in [-0.39, 0.29) is 22.0 Å². The summed E-state index contributed by atoms with van der Waals surface area (Å²) in [6.45, 7) is 14.9. The third-order valence-corrected chi connectivity index (χ3v) is 9.76. The summed E-state index contributed by atoms with van der Waals surface area (Å²) in [6.07, 6.45) is 0.458. The number of imidazole rings is 1. The first kappa shape index (κ1) is 31.0. The van der Waals surface area contributed by atoms with Gasteiger partial charge in [0.25, 0.3) is 5.24 Å². The number of hydrogen-bond acceptors (Lipinski definition) is 7. The molecule has 0 bridgehead atoms. The molecule has 2 N–H and O–H groups in total. The summed E-state index contributed by atoms with van der Waals surface area (Å²) in [5.74, 6) is 1.64. The van der Waals surface area contributed by atoms with E-state index in [0.29, 0.717) is 24.5 Å². The molecule has 2 heterocycles. The third-order valence-electron chi connectivity index (χ3n) is 7.73. The molecule has 0 aliphatic carbocycles. The highest BCUT2D eigenvalue weighted by atomic mass is 32.2. The standard InChI is InChI=1S/C34H39N3O4S2/c1-32(2,3)24-15-23(16-25(29(24)38)33(4,5)6)42-22-13-14-26-27(17-22)37(8)28(35-26)19-41-21-11-9-20(10-12-21)18-34(7)30(39)36-31(40)43-34/h9-17,38H,18-19H2,1-8H3,(H,36,39,40). The predicted octanol–water partition coefficient (Wildman–Crippen LogP) is 7.89. The zero-order chi connectivity index (χ0) is 31.3. The number of carbonyl (C=O) groups excluding carboxylic acids is 2. The van der Waals surface area contributed by atoms with Crippen LogP contribution in [0.25, 0.3) is 11.0 Å². The van der Waals surface area contributed by atoms with E-state index in [2.05, 4.69) is 75.7 Å². The molecule has 43 heavy (non-hydrogen) atoms. The Morgan fingerprint density at radius 3 is 2.14 bits per heavy atom. The minimum Gasteiger partial charge on any atom is -0.507 e. The largest absolute Gasteiger partial charge is 0.507 e. The van der Waals surface area contributed by atoms with E-state index in [1.165, 1.54) is 0 Å². The van der Waals surface area contributed by atoms with Gasteiger partial charge in [-0.15, -0.1) is 0 Å². The second kappa shape index (κ2) is 11.2. The van der Waals surface area contributed by atoms with Crippen molar-refractivity contribution in [3.05, 3.63) is 77.1 Å². The Morgan fingerprint density at radius 1 is 0.953 bits per heavy atom. The first-order chi connectivity index (χ1) is 20.0. The molecule has 0 spiro atoms. The molecule has 1 unspecified atom stereocenters. The number of hydrogen-bond donors (Lipinski definition) is 2. The number of carbonyl (C=O) groups is 2. The molecule has 1 fully saturated rings. The van der Waals surface area contributed by atoms with Gasteiger partial charge in [0, 0.05) is 28.0 Å². The molecule has 1 saturated heterocycles. The average molecular weight is 618 g/mol. The second-order valence-electron chi connectivity index (χ2n) is 13.4. The van der Waals surface area contributed by atoms with E-state index in [1.807, 2.05) is 37.4 Å². The first-order valence-corrected chi connectivity index (χ1v) is 15.9. The lowest BCUT2D eigenvalue weighted by molar-refractivity contribution is -0.121. The van der Waals surface area contributed by atoms with Crippen LogP contribution in [0.1, 0.15) is 71.0 Å². The highest BCUT2D eigenvalue weighted by Crippen LogP contribution is 2.43. The Morgan fingerprint density at radius 2 is 1.58 bits per heavy atom. The molecule has 1 aliphatic rings. The van der Waals surface area contributed by atoms with Crippen LogP contribution in [0.2, 0.25) is 0 Å². The Hall–Kier alpha value is -3.43. The molecular formula is C34H39N3O4S2. The van der Waals surface area contributed by atoms with Crippen LogP contribution in [0.3, 0.4) is 0 Å². The lowest BCUT2D eigenvalue weighted by Gasteiger charge is -2.28. The maximum atomic E-state index is 12.2. The SMILES string of the molecule is Cn1c(COc2ccc(CC3(C)SC(=O)NC3=O)cc2)nc2ccc(Sc3cc(C(C)(C)C)c(O)c(C(C)(C)C)c3)cc21. The summed E-state index contributed by atoms with van der Waals surface area (Å²) in [5.41, 5.74) is 4.38. The monoisotopic (exact) mass is 617 g/mol. The number of nitrogens with one attached hydrogen (secondary N) is 1. The van der Waals surface area contributed by atoms with Crippen molar-refractivity contribution in [2.75, 3.05) is 0 Å². The van der Waals surface area contributed by atoms with Gasteiger partial charge in [-0.25, -0.2) is 4.98 Å². The molecular weight excluding hydrogens is 579 g/mol. The lowest BCUT2D eigenvalue weighted by Crippen LogP contribution is -2.35. The molecule has 0 radical (unpaired) electrons. The van der Waals surface area contributed by atoms with Crippen LogP contribution >= 0.6 is 23.5 Å². The van der Waals surface area contributed by atoms with E-state index in [0.717, 1.165) is 55.1 Å². The van der Waals surface area contributed by atoms with Crippen LogP contribution in [-0.2, 0) is 35.7 Å². The number of benzene rings is 3. The smallest absolute Gasteiger partial charge is 0.286 e. The summed E-state index contributed by atoms with van der Waals surface area (Å²) in [6, 6.07) is 18.1. The molecule has 1 aromatic heterocycles. The molecule has 5 rings (SSSR count). The summed E-state index contributed by atoms with van der Waals surface area (Å²) in [4.78, 5) is 30.8. The molecule has 2 amide bonds. The Labute approximate surface area is 261 Å². The van der Waals surface area contributed by atoms with Crippen LogP contribution in [0.4, 0.5) is 4.79 Å². The average Bonchev–Trinajstić information content (AvgIpc) is 3.36. The summed E-state index contributed by atoms with van der Waals surface area (Å²) in [7, 11) is 1.99. The maximum absolute atomic E-state index is 12.2. The number of aryl methyl sites for hydroxylation is 1. The van der Waals surface area contributed by atoms with Gasteiger partial charge in [0.05, 0.1) is 11.0 Å². The van der Waals surface area contributed by atoms with Crippen molar-refractivity contribution < 1.29 is 19.4 Å². The van der Waals surface area contributed by atoms with E-state index >= 15 is 0 Å². The molecule has 3 aromatic carbocycles. The Balaban J connectivity index is 1.31. The molecule has 0 saturated carbocycles. The quantitative estimate of drug-likeness (QED) is 0.218. The van der Waals surface area contributed by atoms with Gasteiger partial charge < -0.3 is 14.4 Å².